The molecule has 1 atom stereocenters. The first kappa shape index (κ1) is 15.2. The summed E-state index contributed by atoms with van der Waals surface area (Å²) in [5.41, 5.74) is 5.83. The van der Waals surface area contributed by atoms with E-state index >= 15 is 0 Å². The molecule has 1 unspecified atom stereocenters. The maximum absolute atomic E-state index is 13.9. The molecule has 0 aromatic heterocycles. The lowest BCUT2D eigenvalue weighted by molar-refractivity contribution is -0.385. The predicted molar refractivity (Wildman–Crippen MR) is 77.2 cm³/mol. The number of nitrogens with two attached hydrogens (primary N) is 1. The van der Waals surface area contributed by atoms with Crippen LogP contribution >= 0.6 is 11.6 Å². The van der Waals surface area contributed by atoms with Crippen LogP contribution in [0.5, 0.6) is 11.5 Å². The van der Waals surface area contributed by atoms with Gasteiger partial charge in [-0.3, -0.25) is 10.1 Å². The predicted octanol–water partition coefficient (Wildman–Crippen LogP) is 4.20. The first-order valence-electron chi connectivity index (χ1n) is 6.06. The van der Waals surface area contributed by atoms with Crippen LogP contribution in [0.25, 0.3) is 0 Å². The molecule has 0 amide bonds. The van der Waals surface area contributed by atoms with E-state index in [2.05, 4.69) is 0 Å². The van der Waals surface area contributed by atoms with Gasteiger partial charge in [-0.25, -0.2) is 4.39 Å². The van der Waals surface area contributed by atoms with Gasteiger partial charge in [-0.15, -0.1) is 0 Å². The molecule has 110 valence electrons. The highest BCUT2D eigenvalue weighted by molar-refractivity contribution is 6.30. The Morgan fingerprint density at radius 2 is 2.10 bits per heavy atom. The monoisotopic (exact) mass is 310 g/mol. The molecule has 0 radical (unpaired) electrons. The molecule has 0 fully saturated rings. The summed E-state index contributed by atoms with van der Waals surface area (Å²) in [6.07, 6.45) is 0. The fourth-order valence-corrected chi connectivity index (χ4v) is 1.99. The Hall–Kier alpha value is -2.18. The van der Waals surface area contributed by atoms with E-state index in [9.17, 15) is 14.5 Å². The zero-order chi connectivity index (χ0) is 15.6. The second-order valence-electron chi connectivity index (χ2n) is 4.42. The van der Waals surface area contributed by atoms with Crippen LogP contribution in [-0.2, 0) is 0 Å². The third-order valence-electron chi connectivity index (χ3n) is 2.82. The van der Waals surface area contributed by atoms with Crippen molar-refractivity contribution >= 4 is 17.3 Å². The number of nitro benzene ring substituents is 1. The Kier molecular flexibility index (Phi) is 4.40. The number of ether oxygens (including phenoxy) is 1. The Balaban J connectivity index is 2.51. The lowest BCUT2D eigenvalue weighted by Crippen LogP contribution is -2.08. The van der Waals surface area contributed by atoms with Gasteiger partial charge in [-0.2, -0.15) is 0 Å². The normalized spacial score (nSPS) is 12.0. The van der Waals surface area contributed by atoms with Crippen molar-refractivity contribution in [2.24, 2.45) is 5.73 Å². The smallest absolute Gasteiger partial charge is 0.313 e. The maximum atomic E-state index is 13.9. The van der Waals surface area contributed by atoms with Crippen molar-refractivity contribution in [2.75, 3.05) is 0 Å². The van der Waals surface area contributed by atoms with Crippen LogP contribution in [0.1, 0.15) is 18.5 Å². The van der Waals surface area contributed by atoms with Gasteiger partial charge in [0.05, 0.1) is 4.92 Å². The van der Waals surface area contributed by atoms with Gasteiger partial charge >= 0.3 is 5.69 Å². The zero-order valence-corrected chi connectivity index (χ0v) is 11.8. The van der Waals surface area contributed by atoms with E-state index in [1.54, 1.807) is 13.0 Å². The van der Waals surface area contributed by atoms with Crippen molar-refractivity contribution in [1.82, 2.24) is 0 Å². The van der Waals surface area contributed by atoms with Crippen LogP contribution < -0.4 is 10.5 Å². The topological polar surface area (TPSA) is 78.4 Å². The van der Waals surface area contributed by atoms with E-state index in [0.29, 0.717) is 5.56 Å². The molecule has 0 aliphatic carbocycles. The van der Waals surface area contributed by atoms with Crippen LogP contribution in [0.2, 0.25) is 5.02 Å². The van der Waals surface area contributed by atoms with E-state index in [-0.39, 0.29) is 22.2 Å². The van der Waals surface area contributed by atoms with Gasteiger partial charge < -0.3 is 10.5 Å². The van der Waals surface area contributed by atoms with Gasteiger partial charge in [0.15, 0.2) is 11.6 Å². The number of hydrogen-bond acceptors (Lipinski definition) is 4. The Morgan fingerprint density at radius 3 is 2.71 bits per heavy atom. The molecule has 0 bridgehead atoms. The molecule has 5 nitrogen and oxygen atoms in total. The molecule has 7 heteroatoms. The second kappa shape index (κ2) is 6.07. The van der Waals surface area contributed by atoms with Gasteiger partial charge in [0.2, 0.25) is 5.75 Å². The summed E-state index contributed by atoms with van der Waals surface area (Å²) < 4.78 is 19.3. The summed E-state index contributed by atoms with van der Waals surface area (Å²) in [6, 6.07) is 7.70. The molecule has 2 rings (SSSR count). The SMILES string of the molecule is CC(N)c1cccc(F)c1Oc1ccc(Cl)cc1[N+](=O)[O-]. The molecule has 0 spiro atoms. The fraction of sp³-hybridized carbons (Fsp3) is 0.143. The van der Waals surface area contributed by atoms with E-state index in [4.69, 9.17) is 22.1 Å². The lowest BCUT2D eigenvalue weighted by atomic mass is 10.1. The van der Waals surface area contributed by atoms with Crippen molar-refractivity contribution in [3.05, 3.63) is 62.9 Å². The fourth-order valence-electron chi connectivity index (χ4n) is 1.82. The number of rotatable bonds is 4. The molecule has 2 aromatic carbocycles. The van der Waals surface area contributed by atoms with Gasteiger partial charge in [0.1, 0.15) is 0 Å². The average molecular weight is 311 g/mol. The number of nitro groups is 1. The van der Waals surface area contributed by atoms with E-state index < -0.39 is 16.8 Å². The van der Waals surface area contributed by atoms with E-state index in [1.807, 2.05) is 0 Å². The minimum Gasteiger partial charge on any atom is -0.447 e. The lowest BCUT2D eigenvalue weighted by Gasteiger charge is -2.14. The number of hydrogen-bond donors (Lipinski definition) is 1. The summed E-state index contributed by atoms with van der Waals surface area (Å²) >= 11 is 5.72. The molecular weight excluding hydrogens is 299 g/mol. The van der Waals surface area contributed by atoms with Gasteiger partial charge in [-0.1, -0.05) is 23.7 Å². The van der Waals surface area contributed by atoms with Crippen LogP contribution in [0.3, 0.4) is 0 Å². The highest BCUT2D eigenvalue weighted by Crippen LogP contribution is 2.37. The maximum Gasteiger partial charge on any atom is 0.313 e. The highest BCUT2D eigenvalue weighted by atomic mass is 35.5. The first-order valence-corrected chi connectivity index (χ1v) is 6.43. The Labute approximate surface area is 125 Å². The molecular formula is C14H12ClFN2O3. The summed E-state index contributed by atoms with van der Waals surface area (Å²) in [6.45, 7) is 1.66. The highest BCUT2D eigenvalue weighted by Gasteiger charge is 2.20. The molecule has 0 aliphatic rings. The summed E-state index contributed by atoms with van der Waals surface area (Å²) in [5, 5.41) is 11.2. The minimum absolute atomic E-state index is 0.101. The molecule has 0 saturated carbocycles. The van der Waals surface area contributed by atoms with Crippen LogP contribution in [0.15, 0.2) is 36.4 Å². The third kappa shape index (κ3) is 3.29. The number of para-hydroxylation sites is 1. The zero-order valence-electron chi connectivity index (χ0n) is 11.0. The van der Waals surface area contributed by atoms with Gasteiger partial charge in [0.25, 0.3) is 0 Å². The largest absolute Gasteiger partial charge is 0.447 e. The molecule has 2 aromatic rings. The molecule has 0 saturated heterocycles. The Morgan fingerprint density at radius 1 is 1.38 bits per heavy atom. The summed E-state index contributed by atoms with van der Waals surface area (Å²) in [7, 11) is 0. The number of benzene rings is 2. The third-order valence-corrected chi connectivity index (χ3v) is 3.05. The van der Waals surface area contributed by atoms with Crippen molar-refractivity contribution in [1.29, 1.82) is 0 Å². The van der Waals surface area contributed by atoms with Crippen molar-refractivity contribution in [3.8, 4) is 11.5 Å². The van der Waals surface area contributed by atoms with Crippen LogP contribution in [0, 0.1) is 15.9 Å². The average Bonchev–Trinajstić information content (AvgIpc) is 2.42. The van der Waals surface area contributed by atoms with Crippen molar-refractivity contribution in [2.45, 2.75) is 13.0 Å². The van der Waals surface area contributed by atoms with Crippen molar-refractivity contribution < 1.29 is 14.1 Å². The number of nitrogens with zero attached hydrogens (tertiary/aromatic N) is 1. The molecule has 0 heterocycles. The quantitative estimate of drug-likeness (QED) is 0.678. The van der Waals surface area contributed by atoms with E-state index in [1.165, 1.54) is 24.3 Å². The van der Waals surface area contributed by atoms with Crippen LogP contribution in [0.4, 0.5) is 10.1 Å². The first-order chi connectivity index (χ1) is 9.90. The van der Waals surface area contributed by atoms with Gasteiger partial charge in [0, 0.05) is 22.7 Å². The van der Waals surface area contributed by atoms with Gasteiger partial charge in [-0.05, 0) is 25.1 Å². The van der Waals surface area contributed by atoms with Crippen molar-refractivity contribution in [3.63, 3.8) is 0 Å². The minimum atomic E-state index is -0.645. The Bertz CT molecular complexity index is 692. The van der Waals surface area contributed by atoms with E-state index in [0.717, 1.165) is 6.07 Å². The van der Waals surface area contributed by atoms with Crippen LogP contribution in [-0.4, -0.2) is 4.92 Å². The number of halogens is 2. The second-order valence-corrected chi connectivity index (χ2v) is 4.85. The summed E-state index contributed by atoms with van der Waals surface area (Å²) in [4.78, 5) is 10.4. The molecule has 21 heavy (non-hydrogen) atoms. The molecule has 2 N–H and O–H groups in total. The molecule has 0 aliphatic heterocycles. The standard InChI is InChI=1S/C14H12ClFN2O3/c1-8(17)10-3-2-4-11(16)14(10)21-13-6-5-9(15)7-12(13)18(19)20/h2-8H,17H2,1H3. The summed E-state index contributed by atoms with van der Waals surface area (Å²) in [5.74, 6) is -0.872.